The van der Waals surface area contributed by atoms with E-state index in [0.717, 1.165) is 6.07 Å². The Balaban J connectivity index is 0.00000126. The second-order valence-electron chi connectivity index (χ2n) is 5.19. The first-order valence-corrected chi connectivity index (χ1v) is 8.73. The van der Waals surface area contributed by atoms with Gasteiger partial charge in [-0.1, -0.05) is 25.4 Å². The summed E-state index contributed by atoms with van der Waals surface area (Å²) >= 11 is 5.80. The number of nitrogens with two attached hydrogens (primary N) is 1. The second kappa shape index (κ2) is 8.64. The van der Waals surface area contributed by atoms with Crippen LogP contribution in [0.1, 0.15) is 31.1 Å². The third-order valence-corrected chi connectivity index (χ3v) is 3.88. The highest BCUT2D eigenvalue weighted by Gasteiger charge is 2.19. The van der Waals surface area contributed by atoms with Crippen molar-refractivity contribution in [2.45, 2.75) is 20.8 Å². The first kappa shape index (κ1) is 20.4. The Hall–Kier alpha value is -2.93. The Morgan fingerprint density at radius 1 is 1.33 bits per heavy atom. The molecule has 27 heavy (non-hydrogen) atoms. The maximum absolute atomic E-state index is 13.9. The molecule has 0 atom stereocenters. The molecule has 2 heterocycles. The lowest BCUT2D eigenvalue weighted by Crippen LogP contribution is -2.20. The third kappa shape index (κ3) is 4.09. The van der Waals surface area contributed by atoms with Crippen LogP contribution in [0.2, 0.25) is 5.02 Å². The van der Waals surface area contributed by atoms with Crippen LogP contribution < -0.4 is 11.2 Å². The van der Waals surface area contributed by atoms with Gasteiger partial charge in [-0.15, -0.1) is 0 Å². The number of hydrogen-bond donors (Lipinski definition) is 1. The number of anilines is 1. The van der Waals surface area contributed by atoms with Crippen molar-refractivity contribution in [3.8, 4) is 5.69 Å². The van der Waals surface area contributed by atoms with E-state index in [4.69, 9.17) is 22.1 Å². The fraction of sp³-hybridized carbons (Fsp3) is 0.211. The summed E-state index contributed by atoms with van der Waals surface area (Å²) < 4.78 is 20.3. The fourth-order valence-electron chi connectivity index (χ4n) is 2.43. The molecule has 8 heteroatoms. The number of nitrogen functional groups attached to an aromatic ring is 1. The van der Waals surface area contributed by atoms with Gasteiger partial charge in [0.15, 0.2) is 0 Å². The van der Waals surface area contributed by atoms with Gasteiger partial charge in [0.2, 0.25) is 5.43 Å². The maximum Gasteiger partial charge on any atom is 0.343 e. The number of carbonyl (C=O) groups is 1. The molecule has 0 spiro atoms. The van der Waals surface area contributed by atoms with E-state index in [-0.39, 0.29) is 28.1 Å². The largest absolute Gasteiger partial charge is 0.462 e. The predicted molar refractivity (Wildman–Crippen MR) is 104 cm³/mol. The summed E-state index contributed by atoms with van der Waals surface area (Å²) in [4.78, 5) is 28.7. The van der Waals surface area contributed by atoms with Crippen LogP contribution in [0.15, 0.2) is 41.5 Å². The van der Waals surface area contributed by atoms with E-state index in [1.807, 2.05) is 13.8 Å². The summed E-state index contributed by atoms with van der Waals surface area (Å²) in [6.45, 7) is 5.75. The molecule has 2 aromatic heterocycles. The van der Waals surface area contributed by atoms with E-state index in [2.05, 4.69) is 4.98 Å². The van der Waals surface area contributed by atoms with E-state index < -0.39 is 17.2 Å². The van der Waals surface area contributed by atoms with E-state index in [1.54, 1.807) is 19.1 Å². The lowest BCUT2D eigenvalue weighted by molar-refractivity contribution is 0.0524. The van der Waals surface area contributed by atoms with Crippen molar-refractivity contribution in [3.63, 3.8) is 0 Å². The second-order valence-corrected chi connectivity index (χ2v) is 5.59. The van der Waals surface area contributed by atoms with Gasteiger partial charge in [0.05, 0.1) is 29.0 Å². The molecular formula is C19H19ClFN3O3. The van der Waals surface area contributed by atoms with Gasteiger partial charge < -0.3 is 15.0 Å². The topological polar surface area (TPSA) is 87.2 Å². The number of halogens is 2. The van der Waals surface area contributed by atoms with Gasteiger partial charge in [0.25, 0.3) is 0 Å². The first-order valence-electron chi connectivity index (χ1n) is 8.35. The normalized spacial score (nSPS) is 10.3. The smallest absolute Gasteiger partial charge is 0.343 e. The molecule has 142 valence electrons. The van der Waals surface area contributed by atoms with Crippen molar-refractivity contribution >= 4 is 34.3 Å². The van der Waals surface area contributed by atoms with Crippen LogP contribution in [-0.4, -0.2) is 22.1 Å². The van der Waals surface area contributed by atoms with Gasteiger partial charge in [-0.05, 0) is 25.1 Å². The van der Waals surface area contributed by atoms with E-state index in [0.29, 0.717) is 11.5 Å². The lowest BCUT2D eigenvalue weighted by Gasteiger charge is -2.13. The van der Waals surface area contributed by atoms with Crippen molar-refractivity contribution in [2.24, 2.45) is 0 Å². The van der Waals surface area contributed by atoms with Gasteiger partial charge in [-0.3, -0.25) is 4.79 Å². The van der Waals surface area contributed by atoms with Crippen LogP contribution in [-0.2, 0) is 4.74 Å². The van der Waals surface area contributed by atoms with Gasteiger partial charge in [-0.25, -0.2) is 14.2 Å². The van der Waals surface area contributed by atoms with E-state index in [1.165, 1.54) is 23.0 Å². The maximum atomic E-state index is 13.9. The number of nitrogens with zero attached hydrogens (tertiary/aromatic N) is 2. The fourth-order valence-corrected chi connectivity index (χ4v) is 2.59. The third-order valence-electron chi connectivity index (χ3n) is 3.59. The molecule has 0 aliphatic rings. The molecule has 0 unspecified atom stereocenters. The van der Waals surface area contributed by atoms with Crippen molar-refractivity contribution < 1.29 is 13.9 Å². The quantitative estimate of drug-likeness (QED) is 0.683. The molecule has 6 nitrogen and oxygen atoms in total. The van der Waals surface area contributed by atoms with Crippen LogP contribution in [0.25, 0.3) is 16.6 Å². The number of fused-ring (bicyclic) bond motifs is 1. The molecule has 3 rings (SSSR count). The number of aromatic nitrogens is 2. The molecule has 0 radical (unpaired) electrons. The highest BCUT2D eigenvalue weighted by Crippen LogP contribution is 2.24. The molecule has 2 N–H and O–H groups in total. The summed E-state index contributed by atoms with van der Waals surface area (Å²) in [6, 6.07) is 5.51. The number of benzene rings is 1. The Labute approximate surface area is 160 Å². The Kier molecular flexibility index (Phi) is 6.52. The Bertz CT molecular complexity index is 1030. The zero-order valence-electron chi connectivity index (χ0n) is 15.1. The SMILES string of the molecule is CC.CCOC(=O)c1cn(-c2ccc(N)nc2)c2cc(F)c(Cl)cc2c1=O. The van der Waals surface area contributed by atoms with E-state index in [9.17, 15) is 14.0 Å². The molecule has 0 fully saturated rings. The summed E-state index contributed by atoms with van der Waals surface area (Å²) in [5.74, 6) is -1.16. The van der Waals surface area contributed by atoms with Crippen LogP contribution >= 0.6 is 11.6 Å². The van der Waals surface area contributed by atoms with Crippen LogP contribution in [0.4, 0.5) is 10.2 Å². The predicted octanol–water partition coefficient (Wildman–Crippen LogP) is 3.96. The monoisotopic (exact) mass is 391 g/mol. The molecule has 0 saturated carbocycles. The number of esters is 1. The van der Waals surface area contributed by atoms with Crippen molar-refractivity contribution in [1.82, 2.24) is 9.55 Å². The summed E-state index contributed by atoms with van der Waals surface area (Å²) in [5, 5.41) is -0.124. The number of ether oxygens (including phenoxy) is 1. The summed E-state index contributed by atoms with van der Waals surface area (Å²) in [6.07, 6.45) is 2.74. The van der Waals surface area contributed by atoms with Gasteiger partial charge in [-0.2, -0.15) is 0 Å². The minimum absolute atomic E-state index is 0.0915. The van der Waals surface area contributed by atoms with E-state index >= 15 is 0 Å². The standard InChI is InChI=1S/C17H13ClFN3O3.C2H6/c1-2-25-17(24)11-8-22(9-3-4-15(20)21-7-9)14-6-13(19)12(18)5-10(14)16(11)23;1-2/h3-8H,2H2,1H3,(H2,20,21);1-2H3. The Morgan fingerprint density at radius 2 is 2.04 bits per heavy atom. The molecule has 0 aliphatic heterocycles. The van der Waals surface area contributed by atoms with Crippen LogP contribution in [0.5, 0.6) is 0 Å². The number of carbonyl (C=O) groups excluding carboxylic acids is 1. The molecule has 3 aromatic rings. The lowest BCUT2D eigenvalue weighted by atomic mass is 10.1. The van der Waals surface area contributed by atoms with Gasteiger partial charge in [0.1, 0.15) is 17.2 Å². The number of pyridine rings is 2. The van der Waals surface area contributed by atoms with Crippen LogP contribution in [0.3, 0.4) is 0 Å². The molecule has 1 aromatic carbocycles. The molecule has 0 bridgehead atoms. The number of rotatable bonds is 3. The molecular weight excluding hydrogens is 373 g/mol. The zero-order valence-corrected chi connectivity index (χ0v) is 15.9. The highest BCUT2D eigenvalue weighted by atomic mass is 35.5. The average molecular weight is 392 g/mol. The molecule has 0 amide bonds. The van der Waals surface area contributed by atoms with Gasteiger partial charge >= 0.3 is 5.97 Å². The van der Waals surface area contributed by atoms with Gasteiger partial charge in [0, 0.05) is 17.6 Å². The average Bonchev–Trinajstić information content (AvgIpc) is 2.66. The first-order chi connectivity index (χ1) is 12.9. The minimum atomic E-state index is -0.771. The Morgan fingerprint density at radius 3 is 2.63 bits per heavy atom. The molecule has 0 aliphatic carbocycles. The van der Waals surface area contributed by atoms with Crippen LogP contribution in [0, 0.1) is 5.82 Å². The summed E-state index contributed by atoms with van der Waals surface area (Å²) in [7, 11) is 0. The zero-order chi connectivity index (χ0) is 20.1. The minimum Gasteiger partial charge on any atom is -0.462 e. The summed E-state index contributed by atoms with van der Waals surface area (Å²) in [5.41, 5.74) is 5.54. The van der Waals surface area contributed by atoms with Crippen molar-refractivity contribution in [3.05, 3.63) is 63.3 Å². The van der Waals surface area contributed by atoms with Crippen molar-refractivity contribution in [1.29, 1.82) is 0 Å². The van der Waals surface area contributed by atoms with Crippen molar-refractivity contribution in [2.75, 3.05) is 12.3 Å². The molecule has 0 saturated heterocycles. The number of hydrogen-bond acceptors (Lipinski definition) is 5. The highest BCUT2D eigenvalue weighted by molar-refractivity contribution is 6.31.